The summed E-state index contributed by atoms with van der Waals surface area (Å²) in [6.07, 6.45) is 6.10. The second-order valence-electron chi connectivity index (χ2n) is 7.70. The van der Waals surface area contributed by atoms with Gasteiger partial charge in [-0.2, -0.15) is 0 Å². The van der Waals surface area contributed by atoms with Gasteiger partial charge in [-0.3, -0.25) is 0 Å². The number of anilines is 1. The number of piperazine rings is 1. The summed E-state index contributed by atoms with van der Waals surface area (Å²) < 4.78 is 15.3. The molecule has 1 saturated heterocycles. The van der Waals surface area contributed by atoms with E-state index >= 15 is 0 Å². The predicted molar refractivity (Wildman–Crippen MR) is 111 cm³/mol. The van der Waals surface area contributed by atoms with E-state index in [-0.39, 0.29) is 5.82 Å². The van der Waals surface area contributed by atoms with Crippen molar-refractivity contribution < 1.29 is 4.39 Å². The van der Waals surface area contributed by atoms with Crippen molar-refractivity contribution in [1.29, 1.82) is 0 Å². The normalized spacial score (nSPS) is 15.4. The molecule has 0 amide bonds. The van der Waals surface area contributed by atoms with Crippen LogP contribution >= 0.6 is 0 Å². The third-order valence-electron chi connectivity index (χ3n) is 5.31. The molecular weight excluding hydrogens is 353 g/mol. The maximum atomic E-state index is 13.3. The largest absolute Gasteiger partial charge is 0.368 e. The molecule has 0 N–H and O–H groups in total. The molecule has 0 radical (unpaired) electrons. The molecule has 146 valence electrons. The van der Waals surface area contributed by atoms with Gasteiger partial charge in [0.1, 0.15) is 11.6 Å². The number of benzene rings is 1. The lowest BCUT2D eigenvalue weighted by Crippen LogP contribution is -2.44. The lowest BCUT2D eigenvalue weighted by atomic mass is 10.1. The van der Waals surface area contributed by atoms with Crippen LogP contribution in [0.3, 0.4) is 0 Å². The fraction of sp³-hybridized carbons (Fsp3) is 0.364. The van der Waals surface area contributed by atoms with Crippen molar-refractivity contribution >= 4 is 5.69 Å². The van der Waals surface area contributed by atoms with E-state index in [1.807, 2.05) is 6.20 Å². The minimum atomic E-state index is -0.259. The maximum Gasteiger partial charge on any atom is 0.161 e. The molecule has 0 spiro atoms. The van der Waals surface area contributed by atoms with Crippen LogP contribution in [0.25, 0.3) is 17.2 Å². The van der Waals surface area contributed by atoms with E-state index in [0.29, 0.717) is 11.7 Å². The second kappa shape index (κ2) is 7.72. The van der Waals surface area contributed by atoms with Crippen molar-refractivity contribution in [3.8, 4) is 17.2 Å². The number of nitrogens with zero attached hydrogens (tertiary/aromatic N) is 5. The summed E-state index contributed by atoms with van der Waals surface area (Å²) in [6, 6.07) is 8.46. The summed E-state index contributed by atoms with van der Waals surface area (Å²) in [7, 11) is 2.16. The number of halogens is 1. The van der Waals surface area contributed by atoms with Crippen LogP contribution in [0, 0.1) is 5.82 Å². The van der Waals surface area contributed by atoms with E-state index < -0.39 is 0 Å². The van der Waals surface area contributed by atoms with Crippen molar-refractivity contribution in [2.75, 3.05) is 38.1 Å². The van der Waals surface area contributed by atoms with E-state index in [9.17, 15) is 4.39 Å². The van der Waals surface area contributed by atoms with Gasteiger partial charge in [-0.05, 0) is 43.3 Å². The van der Waals surface area contributed by atoms with Gasteiger partial charge in [-0.1, -0.05) is 13.8 Å². The highest BCUT2D eigenvalue weighted by molar-refractivity contribution is 5.57. The van der Waals surface area contributed by atoms with Gasteiger partial charge in [-0.25, -0.2) is 14.4 Å². The minimum absolute atomic E-state index is 0.259. The highest BCUT2D eigenvalue weighted by Gasteiger charge is 2.18. The predicted octanol–water partition coefficient (Wildman–Crippen LogP) is 3.95. The van der Waals surface area contributed by atoms with Crippen molar-refractivity contribution in [3.05, 3.63) is 60.3 Å². The number of rotatable bonds is 4. The van der Waals surface area contributed by atoms with Crippen molar-refractivity contribution in [2.24, 2.45) is 0 Å². The van der Waals surface area contributed by atoms with E-state index in [2.05, 4.69) is 58.7 Å². The monoisotopic (exact) mass is 379 g/mol. The lowest BCUT2D eigenvalue weighted by molar-refractivity contribution is 0.313. The van der Waals surface area contributed by atoms with Gasteiger partial charge in [0, 0.05) is 55.9 Å². The molecule has 3 aromatic rings. The summed E-state index contributed by atoms with van der Waals surface area (Å²) in [5.74, 6) is 1.52. The van der Waals surface area contributed by atoms with Gasteiger partial charge in [0.05, 0.1) is 5.69 Å². The Morgan fingerprint density at radius 3 is 2.39 bits per heavy atom. The second-order valence-corrected chi connectivity index (χ2v) is 7.70. The summed E-state index contributed by atoms with van der Waals surface area (Å²) in [5.41, 5.74) is 3.11. The van der Waals surface area contributed by atoms with Crippen LogP contribution in [0.2, 0.25) is 0 Å². The number of hydrogen-bond acceptors (Lipinski definition) is 4. The zero-order valence-electron chi connectivity index (χ0n) is 16.6. The Morgan fingerprint density at radius 2 is 1.71 bits per heavy atom. The average Bonchev–Trinajstić information content (AvgIpc) is 3.19. The summed E-state index contributed by atoms with van der Waals surface area (Å²) in [4.78, 5) is 14.1. The molecule has 0 unspecified atom stereocenters. The maximum absolute atomic E-state index is 13.3. The van der Waals surface area contributed by atoms with Crippen LogP contribution in [0.1, 0.15) is 25.3 Å². The molecular formula is C22H26FN5. The molecule has 1 aliphatic rings. The van der Waals surface area contributed by atoms with Gasteiger partial charge < -0.3 is 14.4 Å². The van der Waals surface area contributed by atoms with Crippen LogP contribution in [-0.2, 0) is 0 Å². The topological polar surface area (TPSA) is 37.2 Å². The first-order chi connectivity index (χ1) is 13.5. The van der Waals surface area contributed by atoms with Crippen LogP contribution in [0.5, 0.6) is 0 Å². The Hall–Kier alpha value is -2.73. The minimum Gasteiger partial charge on any atom is -0.368 e. The molecule has 28 heavy (non-hydrogen) atoms. The zero-order chi connectivity index (χ0) is 19.7. The first-order valence-corrected chi connectivity index (χ1v) is 9.76. The SMILES string of the molecule is CC(C)c1cnc(-c2ccc(F)cc2)nc1-n1ccc(N2CCN(C)CC2)c1. The fourth-order valence-corrected chi connectivity index (χ4v) is 3.50. The first kappa shape index (κ1) is 18.6. The highest BCUT2D eigenvalue weighted by Crippen LogP contribution is 2.26. The highest BCUT2D eigenvalue weighted by atomic mass is 19.1. The molecule has 2 aromatic heterocycles. The van der Waals surface area contributed by atoms with Gasteiger partial charge in [0.25, 0.3) is 0 Å². The molecule has 0 atom stereocenters. The van der Waals surface area contributed by atoms with Crippen LogP contribution < -0.4 is 4.90 Å². The smallest absolute Gasteiger partial charge is 0.161 e. The Labute approximate surface area is 165 Å². The number of likely N-dealkylation sites (N-methyl/N-ethyl adjacent to an activating group) is 1. The van der Waals surface area contributed by atoms with E-state index in [1.165, 1.54) is 17.8 Å². The molecule has 0 aliphatic carbocycles. The van der Waals surface area contributed by atoms with Crippen LogP contribution in [-0.4, -0.2) is 52.7 Å². The van der Waals surface area contributed by atoms with E-state index in [0.717, 1.165) is 43.1 Å². The Balaban J connectivity index is 1.69. The number of hydrogen-bond donors (Lipinski definition) is 0. The number of aromatic nitrogens is 3. The molecule has 1 aromatic carbocycles. The molecule has 6 heteroatoms. The quantitative estimate of drug-likeness (QED) is 0.688. The summed E-state index contributed by atoms with van der Waals surface area (Å²) in [6.45, 7) is 8.49. The lowest BCUT2D eigenvalue weighted by Gasteiger charge is -2.33. The standard InChI is InChI=1S/C22H26FN5/c1-16(2)20-14-24-21(17-4-6-18(23)7-5-17)25-22(20)28-9-8-19(15-28)27-12-10-26(3)11-13-27/h4-9,14-16H,10-13H2,1-3H3. The Bertz CT molecular complexity index is 940. The van der Waals surface area contributed by atoms with Crippen LogP contribution in [0.4, 0.5) is 10.1 Å². The van der Waals surface area contributed by atoms with Crippen molar-refractivity contribution in [1.82, 2.24) is 19.4 Å². The summed E-state index contributed by atoms with van der Waals surface area (Å²) in [5, 5.41) is 0. The first-order valence-electron chi connectivity index (χ1n) is 9.76. The van der Waals surface area contributed by atoms with Crippen LogP contribution in [0.15, 0.2) is 48.9 Å². The molecule has 0 bridgehead atoms. The van der Waals surface area contributed by atoms with Crippen molar-refractivity contribution in [2.45, 2.75) is 19.8 Å². The molecule has 3 heterocycles. The molecule has 1 aliphatic heterocycles. The molecule has 5 nitrogen and oxygen atoms in total. The zero-order valence-corrected chi connectivity index (χ0v) is 16.6. The van der Waals surface area contributed by atoms with Gasteiger partial charge in [0.2, 0.25) is 0 Å². The Morgan fingerprint density at radius 1 is 1.00 bits per heavy atom. The Kier molecular flexibility index (Phi) is 5.13. The van der Waals surface area contributed by atoms with Gasteiger partial charge >= 0.3 is 0 Å². The fourth-order valence-electron chi connectivity index (χ4n) is 3.50. The molecule has 0 saturated carbocycles. The average molecular weight is 379 g/mol. The van der Waals surface area contributed by atoms with E-state index in [4.69, 9.17) is 4.98 Å². The van der Waals surface area contributed by atoms with Gasteiger partial charge in [0.15, 0.2) is 5.82 Å². The van der Waals surface area contributed by atoms with E-state index in [1.54, 1.807) is 12.1 Å². The van der Waals surface area contributed by atoms with Gasteiger partial charge in [-0.15, -0.1) is 0 Å². The third kappa shape index (κ3) is 3.78. The summed E-state index contributed by atoms with van der Waals surface area (Å²) >= 11 is 0. The van der Waals surface area contributed by atoms with Crippen molar-refractivity contribution in [3.63, 3.8) is 0 Å². The molecule has 1 fully saturated rings. The third-order valence-corrected chi connectivity index (χ3v) is 5.31. The molecule has 4 rings (SSSR count).